The normalized spacial score (nSPS) is 11.7. The number of alkyl carbamates (subject to hydrolysis) is 1. The molecule has 0 saturated heterocycles. The predicted octanol–water partition coefficient (Wildman–Crippen LogP) is 2.15. The van der Waals surface area contributed by atoms with Crippen LogP contribution in [0.15, 0.2) is 12.3 Å². The van der Waals surface area contributed by atoms with Gasteiger partial charge in [0.25, 0.3) is 0 Å². The van der Waals surface area contributed by atoms with Gasteiger partial charge >= 0.3 is 18.1 Å². The Kier molecular flexibility index (Phi) is 4.95. The van der Waals surface area contributed by atoms with Gasteiger partial charge in [-0.2, -0.15) is 9.78 Å². The number of carbonyl (C=O) groups is 2. The Morgan fingerprint density at radius 2 is 1.82 bits per heavy atom. The van der Waals surface area contributed by atoms with Gasteiger partial charge in [0.2, 0.25) is 0 Å². The van der Waals surface area contributed by atoms with Crippen LogP contribution in [0.4, 0.5) is 4.79 Å². The Balaban J connectivity index is 2.69. The molecule has 0 bridgehead atoms. The molecule has 0 aliphatic rings. The summed E-state index contributed by atoms with van der Waals surface area (Å²) in [5.41, 5.74) is -1.10. The first kappa shape index (κ1) is 17.7. The van der Waals surface area contributed by atoms with Crippen molar-refractivity contribution in [2.24, 2.45) is 0 Å². The minimum atomic E-state index is -0.771. The second-order valence-electron chi connectivity index (χ2n) is 6.72. The highest BCUT2D eigenvalue weighted by Crippen LogP contribution is 2.10. The average Bonchev–Trinajstić information content (AvgIpc) is 2.72. The van der Waals surface area contributed by atoms with E-state index in [1.165, 1.54) is 12.3 Å². The summed E-state index contributed by atoms with van der Waals surface area (Å²) in [6.07, 6.45) is 0.568. The van der Waals surface area contributed by atoms with Crippen LogP contribution in [0.3, 0.4) is 0 Å². The van der Waals surface area contributed by atoms with Crippen LogP contribution in [0.2, 0.25) is 0 Å². The SMILES string of the molecule is CC(C)(C)NC(=O)OC(=N)n1ccc(C(=O)OC(C)(C)C)n1. The molecule has 0 unspecified atom stereocenters. The first-order valence-corrected chi connectivity index (χ1v) is 6.75. The summed E-state index contributed by atoms with van der Waals surface area (Å²) in [7, 11) is 0. The molecule has 0 aliphatic heterocycles. The predicted molar refractivity (Wildman–Crippen MR) is 79.9 cm³/mol. The first-order valence-electron chi connectivity index (χ1n) is 6.75. The molecular formula is C14H22N4O4. The van der Waals surface area contributed by atoms with E-state index in [9.17, 15) is 9.59 Å². The quantitative estimate of drug-likeness (QED) is 0.469. The van der Waals surface area contributed by atoms with Gasteiger partial charge in [0.05, 0.1) is 0 Å². The largest absolute Gasteiger partial charge is 0.455 e. The monoisotopic (exact) mass is 310 g/mol. The van der Waals surface area contributed by atoms with Crippen molar-refractivity contribution >= 4 is 18.1 Å². The molecule has 22 heavy (non-hydrogen) atoms. The zero-order chi connectivity index (χ0) is 17.1. The molecule has 1 aromatic heterocycles. The van der Waals surface area contributed by atoms with Crippen molar-refractivity contribution in [1.82, 2.24) is 15.1 Å². The standard InChI is InChI=1S/C14H22N4O4/c1-13(2,3)16-12(20)21-11(15)18-8-7-9(17-18)10(19)22-14(4,5)6/h7-8,15H,1-6H3,(H,16,20). The molecule has 1 rings (SSSR count). The van der Waals surface area contributed by atoms with E-state index in [0.29, 0.717) is 0 Å². The summed E-state index contributed by atoms with van der Waals surface area (Å²) in [5.74, 6) is -0.613. The van der Waals surface area contributed by atoms with Gasteiger partial charge in [-0.1, -0.05) is 0 Å². The summed E-state index contributed by atoms with van der Waals surface area (Å²) in [5, 5.41) is 14.1. The number of ether oxygens (including phenoxy) is 2. The van der Waals surface area contributed by atoms with Crippen molar-refractivity contribution in [2.75, 3.05) is 0 Å². The van der Waals surface area contributed by atoms with Gasteiger partial charge in [0.1, 0.15) is 5.60 Å². The maximum Gasteiger partial charge on any atom is 0.415 e. The van der Waals surface area contributed by atoms with E-state index in [0.717, 1.165) is 4.68 Å². The fourth-order valence-electron chi connectivity index (χ4n) is 1.34. The Bertz CT molecular complexity index is 578. The number of amides is 1. The summed E-state index contributed by atoms with van der Waals surface area (Å²) < 4.78 is 10.9. The fraction of sp³-hybridized carbons (Fsp3) is 0.571. The van der Waals surface area contributed by atoms with Crippen molar-refractivity contribution in [3.8, 4) is 0 Å². The van der Waals surface area contributed by atoms with Crippen LogP contribution < -0.4 is 5.32 Å². The lowest BCUT2D eigenvalue weighted by Crippen LogP contribution is -2.42. The van der Waals surface area contributed by atoms with Crippen molar-refractivity contribution in [1.29, 1.82) is 5.41 Å². The topological polar surface area (TPSA) is 106 Å². The van der Waals surface area contributed by atoms with Gasteiger partial charge in [-0.25, -0.2) is 15.0 Å². The number of hydrogen-bond acceptors (Lipinski definition) is 6. The molecular weight excluding hydrogens is 288 g/mol. The van der Waals surface area contributed by atoms with E-state index < -0.39 is 29.2 Å². The molecule has 0 aliphatic carbocycles. The zero-order valence-corrected chi connectivity index (χ0v) is 13.7. The summed E-state index contributed by atoms with van der Waals surface area (Å²) in [4.78, 5) is 23.4. The Morgan fingerprint density at radius 1 is 1.23 bits per heavy atom. The van der Waals surface area contributed by atoms with Crippen LogP contribution in [-0.2, 0) is 9.47 Å². The molecule has 0 aromatic carbocycles. The van der Waals surface area contributed by atoms with E-state index >= 15 is 0 Å². The lowest BCUT2D eigenvalue weighted by atomic mass is 10.1. The molecule has 1 amide bonds. The van der Waals surface area contributed by atoms with Crippen LogP contribution in [0.1, 0.15) is 52.0 Å². The van der Waals surface area contributed by atoms with Gasteiger partial charge in [-0.3, -0.25) is 0 Å². The number of rotatable bonds is 1. The third-order valence-electron chi connectivity index (χ3n) is 2.07. The van der Waals surface area contributed by atoms with Crippen molar-refractivity contribution in [3.63, 3.8) is 0 Å². The van der Waals surface area contributed by atoms with E-state index in [1.807, 2.05) is 0 Å². The summed E-state index contributed by atoms with van der Waals surface area (Å²) >= 11 is 0. The fourth-order valence-corrected chi connectivity index (χ4v) is 1.34. The summed E-state index contributed by atoms with van der Waals surface area (Å²) in [6, 6.07) is 0.866. The van der Waals surface area contributed by atoms with Gasteiger partial charge in [-0.15, -0.1) is 0 Å². The third-order valence-corrected chi connectivity index (χ3v) is 2.07. The maximum atomic E-state index is 11.8. The first-order chi connectivity index (χ1) is 9.87. The number of aromatic nitrogens is 2. The minimum absolute atomic E-state index is 0.0273. The van der Waals surface area contributed by atoms with Crippen LogP contribution in [0.5, 0.6) is 0 Å². The van der Waals surface area contributed by atoms with Crippen molar-refractivity contribution in [2.45, 2.75) is 52.7 Å². The van der Waals surface area contributed by atoms with E-state index in [4.69, 9.17) is 14.9 Å². The highest BCUT2D eigenvalue weighted by Gasteiger charge is 2.21. The minimum Gasteiger partial charge on any atom is -0.455 e. The molecule has 0 saturated carbocycles. The molecule has 0 radical (unpaired) electrons. The third kappa shape index (κ3) is 5.94. The van der Waals surface area contributed by atoms with Crippen molar-refractivity contribution in [3.05, 3.63) is 18.0 Å². The van der Waals surface area contributed by atoms with Gasteiger partial charge in [0.15, 0.2) is 5.69 Å². The molecule has 1 aromatic rings. The molecule has 0 atom stereocenters. The molecule has 122 valence electrons. The van der Waals surface area contributed by atoms with Gasteiger partial charge in [0, 0.05) is 11.7 Å². The highest BCUT2D eigenvalue weighted by molar-refractivity contribution is 5.89. The smallest absolute Gasteiger partial charge is 0.415 e. The highest BCUT2D eigenvalue weighted by atomic mass is 16.6. The maximum absolute atomic E-state index is 11.8. The van der Waals surface area contributed by atoms with E-state index in [2.05, 4.69) is 10.4 Å². The van der Waals surface area contributed by atoms with Crippen LogP contribution in [-0.4, -0.2) is 39.0 Å². The Morgan fingerprint density at radius 3 is 2.32 bits per heavy atom. The Labute approximate surface area is 129 Å². The second kappa shape index (κ2) is 6.17. The molecule has 8 nitrogen and oxygen atoms in total. The lowest BCUT2D eigenvalue weighted by molar-refractivity contribution is 0.00624. The number of hydrogen-bond donors (Lipinski definition) is 2. The van der Waals surface area contributed by atoms with Crippen LogP contribution >= 0.6 is 0 Å². The molecule has 0 spiro atoms. The number of nitrogens with one attached hydrogen (secondary N) is 2. The van der Waals surface area contributed by atoms with Gasteiger partial charge < -0.3 is 14.8 Å². The van der Waals surface area contributed by atoms with Gasteiger partial charge in [-0.05, 0) is 47.6 Å². The Hall–Kier alpha value is -2.38. The number of carbonyl (C=O) groups excluding carboxylic acids is 2. The average molecular weight is 310 g/mol. The second-order valence-corrected chi connectivity index (χ2v) is 6.72. The molecule has 1 heterocycles. The molecule has 2 N–H and O–H groups in total. The zero-order valence-electron chi connectivity index (χ0n) is 13.7. The van der Waals surface area contributed by atoms with Crippen molar-refractivity contribution < 1.29 is 19.1 Å². The van der Waals surface area contributed by atoms with Crippen LogP contribution in [0.25, 0.3) is 0 Å². The molecule has 8 heteroatoms. The van der Waals surface area contributed by atoms with Crippen LogP contribution in [0, 0.1) is 5.41 Å². The number of esters is 1. The molecule has 0 fully saturated rings. The van der Waals surface area contributed by atoms with E-state index in [-0.39, 0.29) is 5.69 Å². The van der Waals surface area contributed by atoms with E-state index in [1.54, 1.807) is 41.5 Å². The lowest BCUT2D eigenvalue weighted by Gasteiger charge is -2.19. The number of nitrogens with zero attached hydrogens (tertiary/aromatic N) is 2. The summed E-state index contributed by atoms with van der Waals surface area (Å²) in [6.45, 7) is 10.6.